The van der Waals surface area contributed by atoms with Crippen molar-refractivity contribution in [1.29, 1.82) is 0 Å². The molecule has 0 radical (unpaired) electrons. The van der Waals surface area contributed by atoms with E-state index in [9.17, 15) is 5.11 Å². The summed E-state index contributed by atoms with van der Waals surface area (Å²) < 4.78 is 10.1. The van der Waals surface area contributed by atoms with E-state index in [1.165, 1.54) is 7.11 Å². The normalized spacial score (nSPS) is 18.7. The van der Waals surface area contributed by atoms with Crippen LogP contribution in [0.3, 0.4) is 0 Å². The predicted octanol–water partition coefficient (Wildman–Crippen LogP) is 1.50. The standard InChI is InChI=1S/C9H20O3S/c1-7(2)13-6-9(10,12-5)8(3)11-4/h7-8,10H,6H2,1-5H3. The molecule has 0 aromatic rings. The number of aliphatic hydroxyl groups is 1. The molecular weight excluding hydrogens is 188 g/mol. The van der Waals surface area contributed by atoms with Crippen LogP contribution in [0.1, 0.15) is 20.8 Å². The maximum atomic E-state index is 9.97. The molecule has 0 aliphatic heterocycles. The molecule has 2 unspecified atom stereocenters. The summed E-state index contributed by atoms with van der Waals surface area (Å²) in [6.45, 7) is 5.96. The minimum atomic E-state index is -1.18. The smallest absolute Gasteiger partial charge is 0.200 e. The van der Waals surface area contributed by atoms with Gasteiger partial charge in [-0.25, -0.2) is 0 Å². The van der Waals surface area contributed by atoms with Gasteiger partial charge in [0.25, 0.3) is 0 Å². The molecule has 0 aliphatic carbocycles. The Morgan fingerprint density at radius 2 is 1.85 bits per heavy atom. The summed E-state index contributed by atoms with van der Waals surface area (Å²) >= 11 is 1.65. The Kier molecular flexibility index (Phi) is 5.96. The molecule has 4 heteroatoms. The van der Waals surface area contributed by atoms with E-state index in [4.69, 9.17) is 9.47 Å². The van der Waals surface area contributed by atoms with Crippen LogP contribution in [0.25, 0.3) is 0 Å². The van der Waals surface area contributed by atoms with Gasteiger partial charge in [0.1, 0.15) is 6.10 Å². The molecule has 1 N–H and O–H groups in total. The Labute approximate surface area is 84.8 Å². The third-order valence-electron chi connectivity index (χ3n) is 1.97. The Bertz CT molecular complexity index is 141. The zero-order chi connectivity index (χ0) is 10.5. The van der Waals surface area contributed by atoms with Crippen molar-refractivity contribution in [3.63, 3.8) is 0 Å². The SMILES string of the molecule is COC(C)C(O)(CSC(C)C)OC. The van der Waals surface area contributed by atoms with Crippen LogP contribution in [-0.2, 0) is 9.47 Å². The van der Waals surface area contributed by atoms with E-state index >= 15 is 0 Å². The Balaban J connectivity index is 4.11. The summed E-state index contributed by atoms with van der Waals surface area (Å²) in [4.78, 5) is 0. The van der Waals surface area contributed by atoms with Gasteiger partial charge in [-0.2, -0.15) is 11.8 Å². The van der Waals surface area contributed by atoms with Gasteiger partial charge in [-0.1, -0.05) is 13.8 Å². The Hall–Kier alpha value is 0.230. The first-order chi connectivity index (χ1) is 5.96. The average Bonchev–Trinajstić information content (AvgIpc) is 2.12. The quantitative estimate of drug-likeness (QED) is 0.671. The van der Waals surface area contributed by atoms with Crippen molar-refractivity contribution >= 4 is 11.8 Å². The molecule has 0 heterocycles. The number of methoxy groups -OCH3 is 2. The van der Waals surface area contributed by atoms with Crippen molar-refractivity contribution in [2.24, 2.45) is 0 Å². The molecule has 3 nitrogen and oxygen atoms in total. The molecule has 13 heavy (non-hydrogen) atoms. The Morgan fingerprint density at radius 3 is 2.15 bits per heavy atom. The fourth-order valence-corrected chi connectivity index (χ4v) is 1.74. The van der Waals surface area contributed by atoms with E-state index in [1.54, 1.807) is 25.8 Å². The molecular formula is C9H20O3S. The zero-order valence-electron chi connectivity index (χ0n) is 9.03. The summed E-state index contributed by atoms with van der Waals surface area (Å²) in [5, 5.41) is 10.4. The summed E-state index contributed by atoms with van der Waals surface area (Å²) in [7, 11) is 3.06. The summed E-state index contributed by atoms with van der Waals surface area (Å²) in [6, 6.07) is 0. The molecule has 0 aromatic carbocycles. The molecule has 0 aromatic heterocycles. The number of ether oxygens (including phenoxy) is 2. The van der Waals surface area contributed by atoms with Crippen LogP contribution >= 0.6 is 11.8 Å². The van der Waals surface area contributed by atoms with Crippen molar-refractivity contribution in [2.45, 2.75) is 37.9 Å². The monoisotopic (exact) mass is 208 g/mol. The van der Waals surface area contributed by atoms with Gasteiger partial charge in [0.2, 0.25) is 5.79 Å². The van der Waals surface area contributed by atoms with Crippen molar-refractivity contribution in [3.05, 3.63) is 0 Å². The largest absolute Gasteiger partial charge is 0.376 e. The highest BCUT2D eigenvalue weighted by molar-refractivity contribution is 7.99. The zero-order valence-corrected chi connectivity index (χ0v) is 9.85. The molecule has 0 fully saturated rings. The number of hydrogen-bond acceptors (Lipinski definition) is 4. The Morgan fingerprint density at radius 1 is 1.31 bits per heavy atom. The van der Waals surface area contributed by atoms with Gasteiger partial charge >= 0.3 is 0 Å². The van der Waals surface area contributed by atoms with Crippen molar-refractivity contribution in [2.75, 3.05) is 20.0 Å². The number of thioether (sulfide) groups is 1. The molecule has 2 atom stereocenters. The molecule has 0 amide bonds. The minimum Gasteiger partial charge on any atom is -0.376 e. The molecule has 0 bridgehead atoms. The third-order valence-corrected chi connectivity index (χ3v) is 3.21. The van der Waals surface area contributed by atoms with Crippen LogP contribution in [0.5, 0.6) is 0 Å². The van der Waals surface area contributed by atoms with Crippen LogP contribution < -0.4 is 0 Å². The number of hydrogen-bond donors (Lipinski definition) is 1. The molecule has 0 rings (SSSR count). The third kappa shape index (κ3) is 4.31. The van der Waals surface area contributed by atoms with Gasteiger partial charge < -0.3 is 14.6 Å². The molecule has 0 spiro atoms. The fraction of sp³-hybridized carbons (Fsp3) is 1.00. The summed E-state index contributed by atoms with van der Waals surface area (Å²) in [6.07, 6.45) is -0.316. The van der Waals surface area contributed by atoms with E-state index in [0.29, 0.717) is 11.0 Å². The predicted molar refractivity (Wildman–Crippen MR) is 56.0 cm³/mol. The van der Waals surface area contributed by atoms with Crippen LogP contribution in [0, 0.1) is 0 Å². The highest BCUT2D eigenvalue weighted by atomic mass is 32.2. The highest BCUT2D eigenvalue weighted by Gasteiger charge is 2.34. The maximum Gasteiger partial charge on any atom is 0.200 e. The van der Waals surface area contributed by atoms with Gasteiger partial charge in [-0.05, 0) is 12.2 Å². The van der Waals surface area contributed by atoms with Crippen molar-refractivity contribution in [3.8, 4) is 0 Å². The van der Waals surface area contributed by atoms with Gasteiger partial charge in [-0.15, -0.1) is 0 Å². The fourth-order valence-electron chi connectivity index (χ4n) is 0.812. The highest BCUT2D eigenvalue weighted by Crippen LogP contribution is 2.22. The first kappa shape index (κ1) is 13.2. The molecule has 0 saturated carbocycles. The number of rotatable bonds is 6. The van der Waals surface area contributed by atoms with E-state index in [1.807, 2.05) is 0 Å². The van der Waals surface area contributed by atoms with Crippen LogP contribution in [0.2, 0.25) is 0 Å². The first-order valence-corrected chi connectivity index (χ1v) is 5.43. The van der Waals surface area contributed by atoms with E-state index in [0.717, 1.165) is 0 Å². The van der Waals surface area contributed by atoms with Gasteiger partial charge in [0.05, 0.1) is 5.75 Å². The van der Waals surface area contributed by atoms with Crippen LogP contribution in [-0.4, -0.2) is 42.2 Å². The maximum absolute atomic E-state index is 9.97. The molecule has 0 saturated heterocycles. The van der Waals surface area contributed by atoms with E-state index in [-0.39, 0.29) is 6.10 Å². The van der Waals surface area contributed by atoms with Gasteiger partial charge in [0.15, 0.2) is 0 Å². The van der Waals surface area contributed by atoms with E-state index < -0.39 is 5.79 Å². The first-order valence-electron chi connectivity index (χ1n) is 4.38. The van der Waals surface area contributed by atoms with E-state index in [2.05, 4.69) is 13.8 Å². The van der Waals surface area contributed by atoms with Gasteiger partial charge in [-0.3, -0.25) is 0 Å². The average molecular weight is 208 g/mol. The van der Waals surface area contributed by atoms with Crippen molar-refractivity contribution in [1.82, 2.24) is 0 Å². The topological polar surface area (TPSA) is 38.7 Å². The lowest BCUT2D eigenvalue weighted by Crippen LogP contribution is -2.46. The second kappa shape index (κ2) is 5.86. The summed E-state index contributed by atoms with van der Waals surface area (Å²) in [5.74, 6) is -0.653. The lowest BCUT2D eigenvalue weighted by atomic mass is 10.2. The molecule has 80 valence electrons. The lowest BCUT2D eigenvalue weighted by Gasteiger charge is -2.31. The minimum absolute atomic E-state index is 0.316. The van der Waals surface area contributed by atoms with Crippen LogP contribution in [0.15, 0.2) is 0 Å². The lowest BCUT2D eigenvalue weighted by molar-refractivity contribution is -0.228. The van der Waals surface area contributed by atoms with Gasteiger partial charge in [0, 0.05) is 14.2 Å². The second-order valence-corrected chi connectivity index (χ2v) is 4.85. The molecule has 0 aliphatic rings. The van der Waals surface area contributed by atoms with Crippen molar-refractivity contribution < 1.29 is 14.6 Å². The van der Waals surface area contributed by atoms with Crippen LogP contribution in [0.4, 0.5) is 0 Å². The summed E-state index contributed by atoms with van der Waals surface area (Å²) in [5.41, 5.74) is 0. The second-order valence-electron chi connectivity index (χ2n) is 3.29.